The van der Waals surface area contributed by atoms with Crippen LogP contribution in [0.3, 0.4) is 0 Å². The molecule has 2 heterocycles. The molecule has 0 aromatic carbocycles. The largest absolute Gasteiger partial charge is 0.472 e. The van der Waals surface area contributed by atoms with Crippen molar-refractivity contribution in [2.45, 2.75) is 25.3 Å². The fourth-order valence-corrected chi connectivity index (χ4v) is 2.39. The number of amides is 2. The molecule has 0 unspecified atom stereocenters. The van der Waals surface area contributed by atoms with E-state index in [4.69, 9.17) is 9.15 Å². The lowest BCUT2D eigenvalue weighted by molar-refractivity contribution is -0.126. The van der Waals surface area contributed by atoms with Crippen LogP contribution in [-0.2, 0) is 9.53 Å². The first-order valence-electron chi connectivity index (χ1n) is 6.84. The number of nitrogens with one attached hydrogen (secondary N) is 1. The van der Waals surface area contributed by atoms with Crippen molar-refractivity contribution < 1.29 is 18.7 Å². The lowest BCUT2D eigenvalue weighted by Gasteiger charge is -2.34. The zero-order chi connectivity index (χ0) is 14.4. The van der Waals surface area contributed by atoms with Crippen LogP contribution in [0.5, 0.6) is 0 Å². The molecule has 2 rings (SSSR count). The average molecular weight is 280 g/mol. The number of ether oxygens (including phenoxy) is 1. The Balaban J connectivity index is 2.01. The van der Waals surface area contributed by atoms with Crippen LogP contribution in [0.15, 0.2) is 23.0 Å². The van der Waals surface area contributed by atoms with E-state index in [0.717, 1.165) is 12.8 Å². The second-order valence-corrected chi connectivity index (χ2v) is 4.81. The molecule has 1 aromatic heterocycles. The number of hydrogen-bond donors (Lipinski definition) is 1. The summed E-state index contributed by atoms with van der Waals surface area (Å²) in [4.78, 5) is 26.2. The van der Waals surface area contributed by atoms with Crippen LogP contribution in [0.25, 0.3) is 0 Å². The maximum Gasteiger partial charge on any atom is 0.257 e. The molecule has 6 heteroatoms. The summed E-state index contributed by atoms with van der Waals surface area (Å²) < 4.78 is 9.84. The highest BCUT2D eigenvalue weighted by atomic mass is 16.5. The monoisotopic (exact) mass is 280 g/mol. The van der Waals surface area contributed by atoms with E-state index in [1.807, 2.05) is 0 Å². The lowest BCUT2D eigenvalue weighted by atomic mass is 10.0. The van der Waals surface area contributed by atoms with E-state index in [2.05, 4.69) is 5.32 Å². The summed E-state index contributed by atoms with van der Waals surface area (Å²) >= 11 is 0. The molecule has 1 aromatic rings. The van der Waals surface area contributed by atoms with Crippen LogP contribution in [0.4, 0.5) is 0 Å². The highest BCUT2D eigenvalue weighted by Gasteiger charge is 2.32. The molecule has 110 valence electrons. The number of methoxy groups -OCH3 is 1. The number of piperidine rings is 1. The van der Waals surface area contributed by atoms with Gasteiger partial charge in [-0.2, -0.15) is 0 Å². The molecule has 0 radical (unpaired) electrons. The predicted molar refractivity (Wildman–Crippen MR) is 72.3 cm³/mol. The van der Waals surface area contributed by atoms with Gasteiger partial charge >= 0.3 is 0 Å². The minimum absolute atomic E-state index is 0.112. The molecule has 0 spiro atoms. The zero-order valence-corrected chi connectivity index (χ0v) is 11.6. The number of furan rings is 1. The molecule has 2 amide bonds. The Bertz CT molecular complexity index is 444. The van der Waals surface area contributed by atoms with Crippen molar-refractivity contribution >= 4 is 11.8 Å². The molecule has 1 saturated heterocycles. The third-order valence-electron chi connectivity index (χ3n) is 3.44. The van der Waals surface area contributed by atoms with Crippen LogP contribution < -0.4 is 5.32 Å². The van der Waals surface area contributed by atoms with Gasteiger partial charge in [0.15, 0.2) is 0 Å². The standard InChI is InChI=1S/C14H20N2O4/c1-19-9-6-15-13(17)12-4-2-3-7-16(12)14(18)11-5-8-20-10-11/h5,8,10,12H,2-4,6-7,9H2,1H3,(H,15,17)/t12-/m0/s1. The van der Waals surface area contributed by atoms with E-state index in [1.54, 1.807) is 18.1 Å². The van der Waals surface area contributed by atoms with E-state index in [9.17, 15) is 9.59 Å². The van der Waals surface area contributed by atoms with Gasteiger partial charge in [0.05, 0.1) is 18.4 Å². The molecule has 1 aliphatic heterocycles. The summed E-state index contributed by atoms with van der Waals surface area (Å²) in [5.74, 6) is -0.260. The van der Waals surface area contributed by atoms with Crippen LogP contribution in [0.2, 0.25) is 0 Å². The number of hydrogen-bond acceptors (Lipinski definition) is 4. The van der Waals surface area contributed by atoms with E-state index in [1.165, 1.54) is 12.5 Å². The summed E-state index contributed by atoms with van der Waals surface area (Å²) in [5.41, 5.74) is 0.488. The molecule has 20 heavy (non-hydrogen) atoms. The maximum absolute atomic E-state index is 12.4. The number of likely N-dealkylation sites (tertiary alicyclic amines) is 1. The van der Waals surface area contributed by atoms with E-state index in [-0.39, 0.29) is 11.8 Å². The van der Waals surface area contributed by atoms with Crippen molar-refractivity contribution in [2.24, 2.45) is 0 Å². The van der Waals surface area contributed by atoms with Crippen LogP contribution in [0.1, 0.15) is 29.6 Å². The average Bonchev–Trinajstić information content (AvgIpc) is 3.01. The summed E-state index contributed by atoms with van der Waals surface area (Å²) in [6, 6.07) is 1.22. The minimum atomic E-state index is -0.400. The van der Waals surface area contributed by atoms with Gasteiger partial charge in [-0.1, -0.05) is 0 Å². The Hall–Kier alpha value is -1.82. The van der Waals surface area contributed by atoms with Crippen molar-refractivity contribution in [2.75, 3.05) is 26.8 Å². The molecule has 0 aliphatic carbocycles. The summed E-state index contributed by atoms with van der Waals surface area (Å²) in [5, 5.41) is 2.80. The number of carbonyl (C=O) groups is 2. The van der Waals surface area contributed by atoms with Gasteiger partial charge in [-0.05, 0) is 25.3 Å². The third kappa shape index (κ3) is 3.39. The van der Waals surface area contributed by atoms with Gasteiger partial charge in [-0.15, -0.1) is 0 Å². The molecular weight excluding hydrogens is 260 g/mol. The van der Waals surface area contributed by atoms with Crippen molar-refractivity contribution in [3.63, 3.8) is 0 Å². The topological polar surface area (TPSA) is 71.8 Å². The minimum Gasteiger partial charge on any atom is -0.472 e. The number of nitrogens with zero attached hydrogens (tertiary/aromatic N) is 1. The normalized spacial score (nSPS) is 18.9. The second kappa shape index (κ2) is 7.09. The van der Waals surface area contributed by atoms with Gasteiger partial charge in [0.25, 0.3) is 5.91 Å². The van der Waals surface area contributed by atoms with E-state index < -0.39 is 6.04 Å². The summed E-state index contributed by atoms with van der Waals surface area (Å²) in [6.45, 7) is 1.53. The summed E-state index contributed by atoms with van der Waals surface area (Å²) in [6.07, 6.45) is 5.45. The molecule has 1 atom stereocenters. The van der Waals surface area contributed by atoms with Crippen molar-refractivity contribution in [1.82, 2.24) is 10.2 Å². The van der Waals surface area contributed by atoms with Gasteiger partial charge < -0.3 is 19.4 Å². The van der Waals surface area contributed by atoms with Gasteiger partial charge in [-0.3, -0.25) is 9.59 Å². The zero-order valence-electron chi connectivity index (χ0n) is 11.6. The lowest BCUT2D eigenvalue weighted by Crippen LogP contribution is -2.52. The quantitative estimate of drug-likeness (QED) is 0.818. The van der Waals surface area contributed by atoms with Crippen molar-refractivity contribution in [3.8, 4) is 0 Å². The Morgan fingerprint density at radius 1 is 1.50 bits per heavy atom. The van der Waals surface area contributed by atoms with Crippen LogP contribution >= 0.6 is 0 Å². The summed E-state index contributed by atoms with van der Waals surface area (Å²) in [7, 11) is 1.58. The van der Waals surface area contributed by atoms with Gasteiger partial charge in [-0.25, -0.2) is 0 Å². The van der Waals surface area contributed by atoms with E-state index in [0.29, 0.717) is 31.7 Å². The number of carbonyl (C=O) groups excluding carboxylic acids is 2. The molecule has 1 N–H and O–H groups in total. The predicted octanol–water partition coefficient (Wildman–Crippen LogP) is 1.04. The van der Waals surface area contributed by atoms with Crippen LogP contribution in [-0.4, -0.2) is 49.6 Å². The molecule has 0 saturated carbocycles. The molecule has 1 aliphatic rings. The van der Waals surface area contributed by atoms with Crippen molar-refractivity contribution in [1.29, 1.82) is 0 Å². The Morgan fingerprint density at radius 3 is 3.05 bits per heavy atom. The molecule has 1 fully saturated rings. The highest BCUT2D eigenvalue weighted by Crippen LogP contribution is 2.20. The Kier molecular flexibility index (Phi) is 5.17. The van der Waals surface area contributed by atoms with Crippen LogP contribution in [0, 0.1) is 0 Å². The van der Waals surface area contributed by atoms with Gasteiger partial charge in [0.2, 0.25) is 5.91 Å². The first-order valence-corrected chi connectivity index (χ1v) is 6.84. The van der Waals surface area contributed by atoms with Crippen molar-refractivity contribution in [3.05, 3.63) is 24.2 Å². The number of rotatable bonds is 5. The maximum atomic E-state index is 12.4. The fourth-order valence-electron chi connectivity index (χ4n) is 2.39. The third-order valence-corrected chi connectivity index (χ3v) is 3.44. The fraction of sp³-hybridized carbons (Fsp3) is 0.571. The molecule has 6 nitrogen and oxygen atoms in total. The van der Waals surface area contributed by atoms with Gasteiger partial charge in [0, 0.05) is 20.2 Å². The Morgan fingerprint density at radius 2 is 2.35 bits per heavy atom. The first kappa shape index (κ1) is 14.6. The Labute approximate surface area is 118 Å². The molecular formula is C14H20N2O4. The second-order valence-electron chi connectivity index (χ2n) is 4.81. The van der Waals surface area contributed by atoms with Gasteiger partial charge in [0.1, 0.15) is 12.3 Å². The SMILES string of the molecule is COCCNC(=O)[C@@H]1CCCCN1C(=O)c1ccoc1. The highest BCUT2D eigenvalue weighted by molar-refractivity contribution is 5.97. The molecule has 0 bridgehead atoms. The first-order chi connectivity index (χ1) is 9.74. The van der Waals surface area contributed by atoms with E-state index >= 15 is 0 Å². The smallest absolute Gasteiger partial charge is 0.257 e.